The number of anilines is 1. The zero-order chi connectivity index (χ0) is 37.8. The molecule has 8 rings (SSSR count). The fraction of sp³-hybridized carbons (Fsp3) is 0.513. The van der Waals surface area contributed by atoms with E-state index in [1.165, 1.54) is 15.9 Å². The number of carbonyl (C=O) groups excluding carboxylic acids is 4. The molecule has 2 aliphatic carbocycles. The number of amides is 3. The van der Waals surface area contributed by atoms with Crippen molar-refractivity contribution in [3.05, 3.63) is 71.6 Å². The number of nitrogens with zero attached hydrogens (tertiary/aromatic N) is 3. The van der Waals surface area contributed by atoms with Gasteiger partial charge in [0.2, 0.25) is 21.8 Å². The number of benzene rings is 2. The summed E-state index contributed by atoms with van der Waals surface area (Å²) in [6.07, 6.45) is 6.65. The van der Waals surface area contributed by atoms with Crippen molar-refractivity contribution in [3.63, 3.8) is 0 Å². The number of sulfonamides is 1. The van der Waals surface area contributed by atoms with Crippen molar-refractivity contribution in [2.24, 2.45) is 11.3 Å². The molecule has 15 heteroatoms. The highest BCUT2D eigenvalue weighted by Gasteiger charge is 2.62. The first kappa shape index (κ1) is 36.2. The fourth-order valence-electron chi connectivity index (χ4n) is 8.10. The Hall–Kier alpha value is -4.79. The SMILES string of the molecule is CC1(S(=O)(=O)NC(=O)[C@]23CC(=O)[C@@H]4C[C@@H](OC(=O)N5Cc6cccc(F)c6C5)CN4C(=O)[C@@H](Nc4nc5ccccc5o4)CCCCC/C=C\[C@@H]2C3)CC1. The minimum absolute atomic E-state index is 0.0182. The van der Waals surface area contributed by atoms with E-state index in [1.54, 1.807) is 31.2 Å². The molecule has 3 amide bonds. The van der Waals surface area contributed by atoms with E-state index in [4.69, 9.17) is 9.15 Å². The predicted molar refractivity (Wildman–Crippen MR) is 195 cm³/mol. The number of aromatic nitrogens is 1. The van der Waals surface area contributed by atoms with E-state index in [1.807, 2.05) is 24.3 Å². The number of ether oxygens (including phenoxy) is 1. The second kappa shape index (κ2) is 13.8. The monoisotopic (exact) mass is 761 g/mol. The van der Waals surface area contributed by atoms with E-state index in [2.05, 4.69) is 15.0 Å². The minimum Gasteiger partial charge on any atom is -0.444 e. The molecule has 5 aliphatic rings. The van der Waals surface area contributed by atoms with Crippen LogP contribution < -0.4 is 10.0 Å². The predicted octanol–water partition coefficient (Wildman–Crippen LogP) is 5.35. The third-order valence-electron chi connectivity index (χ3n) is 11.9. The van der Waals surface area contributed by atoms with Crippen molar-refractivity contribution in [2.45, 2.75) is 107 Å². The highest BCUT2D eigenvalue weighted by atomic mass is 32.2. The van der Waals surface area contributed by atoms with Gasteiger partial charge in [0, 0.05) is 24.9 Å². The van der Waals surface area contributed by atoms with E-state index in [9.17, 15) is 32.0 Å². The van der Waals surface area contributed by atoms with E-state index in [0.717, 1.165) is 19.3 Å². The summed E-state index contributed by atoms with van der Waals surface area (Å²) >= 11 is 0. The Bertz CT molecular complexity index is 2120. The van der Waals surface area contributed by atoms with Gasteiger partial charge in [-0.2, -0.15) is 4.98 Å². The number of allylic oxidation sites excluding steroid dienone is 2. The standard InChI is InChI=1S/C39H44FN5O8S/c1-38(16-17-38)54(50,51)43-35(48)39-19-25(39)11-5-3-2-4-6-14-30(42-36-41-29-13-7-8-15-33(29)53-36)34(47)45-22-26(18-31(45)32(46)20-39)52-37(49)44-21-24-10-9-12-28(40)27(24)23-44/h5,7-13,15,25-26,30-31H,2-4,6,14,16-23H2,1H3,(H,41,42)(H,43,48)/b11-5-/t25-,26-,30+,31+,39-/m1/s1. The Labute approximate surface area is 312 Å². The van der Waals surface area contributed by atoms with Gasteiger partial charge < -0.3 is 19.4 Å². The molecule has 54 heavy (non-hydrogen) atoms. The van der Waals surface area contributed by atoms with Crippen LogP contribution in [0.3, 0.4) is 0 Å². The lowest BCUT2D eigenvalue weighted by Gasteiger charge is -2.29. The van der Waals surface area contributed by atoms with Crippen LogP contribution in [0.1, 0.15) is 82.3 Å². The number of fused-ring (bicyclic) bond motifs is 4. The first-order valence-electron chi connectivity index (χ1n) is 18.8. The number of halogens is 1. The summed E-state index contributed by atoms with van der Waals surface area (Å²) in [5.41, 5.74) is 0.959. The molecule has 0 radical (unpaired) electrons. The average Bonchev–Trinajstić information content (AvgIpc) is 3.81. The van der Waals surface area contributed by atoms with Crippen LogP contribution in [0.4, 0.5) is 15.2 Å². The number of hydrogen-bond donors (Lipinski definition) is 2. The maximum Gasteiger partial charge on any atom is 0.410 e. The molecule has 4 heterocycles. The number of ketones is 1. The summed E-state index contributed by atoms with van der Waals surface area (Å²) in [5.74, 6) is -2.30. The fourth-order valence-corrected chi connectivity index (χ4v) is 9.43. The highest BCUT2D eigenvalue weighted by Crippen LogP contribution is 2.57. The maximum atomic E-state index is 14.6. The Kier molecular flexibility index (Phi) is 9.26. The topological polar surface area (TPSA) is 168 Å². The van der Waals surface area contributed by atoms with Crippen LogP contribution in [-0.4, -0.2) is 76.4 Å². The molecule has 3 aromatic rings. The molecule has 0 spiro atoms. The molecule has 2 N–H and O–H groups in total. The lowest BCUT2D eigenvalue weighted by atomic mass is 9.91. The third kappa shape index (κ3) is 6.86. The van der Waals surface area contributed by atoms with Crippen LogP contribution in [0.25, 0.3) is 11.1 Å². The number of hydrogen-bond acceptors (Lipinski definition) is 10. The normalized spacial score (nSPS) is 28.6. The lowest BCUT2D eigenvalue weighted by molar-refractivity contribution is -0.139. The molecular formula is C39H44FN5O8S. The molecule has 1 saturated heterocycles. The summed E-state index contributed by atoms with van der Waals surface area (Å²) in [4.78, 5) is 63.7. The van der Waals surface area contributed by atoms with Crippen molar-refractivity contribution in [1.82, 2.24) is 19.5 Å². The first-order valence-corrected chi connectivity index (χ1v) is 20.2. The molecule has 0 bridgehead atoms. The van der Waals surface area contributed by atoms with E-state index in [0.29, 0.717) is 54.3 Å². The number of Topliss-reactive ketones (excluding diaryl/α,β-unsaturated/α-hetero) is 1. The Morgan fingerprint density at radius 2 is 1.87 bits per heavy atom. The summed E-state index contributed by atoms with van der Waals surface area (Å²) < 4.78 is 53.9. The van der Waals surface area contributed by atoms with E-state index < -0.39 is 67.9 Å². The summed E-state index contributed by atoms with van der Waals surface area (Å²) in [6, 6.07) is 10.2. The number of oxazole rings is 1. The van der Waals surface area contributed by atoms with Crippen molar-refractivity contribution in [1.29, 1.82) is 0 Å². The van der Waals surface area contributed by atoms with Gasteiger partial charge in [-0.3, -0.25) is 24.0 Å². The molecular weight excluding hydrogens is 718 g/mol. The average molecular weight is 762 g/mol. The van der Waals surface area contributed by atoms with Crippen molar-refractivity contribution in [2.75, 3.05) is 11.9 Å². The van der Waals surface area contributed by atoms with Gasteiger partial charge in [0.15, 0.2) is 11.4 Å². The highest BCUT2D eigenvalue weighted by molar-refractivity contribution is 7.91. The van der Waals surface area contributed by atoms with Gasteiger partial charge in [0.05, 0.1) is 29.3 Å². The molecule has 5 atom stereocenters. The molecule has 0 unspecified atom stereocenters. The van der Waals surface area contributed by atoms with E-state index >= 15 is 0 Å². The Balaban J connectivity index is 1.07. The van der Waals surface area contributed by atoms with Gasteiger partial charge in [-0.1, -0.05) is 49.3 Å². The van der Waals surface area contributed by atoms with Gasteiger partial charge in [-0.15, -0.1) is 0 Å². The van der Waals surface area contributed by atoms with Crippen molar-refractivity contribution >= 4 is 50.8 Å². The number of rotatable bonds is 6. The molecule has 2 aromatic carbocycles. The zero-order valence-corrected chi connectivity index (χ0v) is 30.9. The minimum atomic E-state index is -3.96. The van der Waals surface area contributed by atoms with Gasteiger partial charge in [-0.25, -0.2) is 17.6 Å². The smallest absolute Gasteiger partial charge is 0.410 e. The van der Waals surface area contributed by atoms with Gasteiger partial charge in [-0.05, 0) is 75.1 Å². The molecule has 3 aliphatic heterocycles. The summed E-state index contributed by atoms with van der Waals surface area (Å²) in [6.45, 7) is 1.70. The van der Waals surface area contributed by atoms with Crippen LogP contribution in [-0.2, 0) is 42.2 Å². The zero-order valence-electron chi connectivity index (χ0n) is 30.1. The largest absolute Gasteiger partial charge is 0.444 e. The molecule has 13 nitrogen and oxygen atoms in total. The van der Waals surface area contributed by atoms with Gasteiger partial charge in [0.1, 0.15) is 23.5 Å². The maximum absolute atomic E-state index is 14.6. The third-order valence-corrected chi connectivity index (χ3v) is 14.1. The Morgan fingerprint density at radius 3 is 2.65 bits per heavy atom. The van der Waals surface area contributed by atoms with Crippen molar-refractivity contribution in [3.8, 4) is 0 Å². The van der Waals surface area contributed by atoms with Crippen LogP contribution in [0.5, 0.6) is 0 Å². The summed E-state index contributed by atoms with van der Waals surface area (Å²) in [7, 11) is -3.96. The Morgan fingerprint density at radius 1 is 1.06 bits per heavy atom. The van der Waals surface area contributed by atoms with Crippen LogP contribution in [0, 0.1) is 17.2 Å². The second-order valence-corrected chi connectivity index (χ2v) is 17.9. The van der Waals surface area contributed by atoms with Crippen LogP contribution in [0.2, 0.25) is 0 Å². The quantitative estimate of drug-likeness (QED) is 0.313. The van der Waals surface area contributed by atoms with Crippen molar-refractivity contribution < 1.29 is 41.1 Å². The van der Waals surface area contributed by atoms with Crippen LogP contribution in [0.15, 0.2) is 59.0 Å². The molecule has 2 saturated carbocycles. The lowest BCUT2D eigenvalue weighted by Crippen LogP contribution is -2.49. The number of nitrogens with one attached hydrogen (secondary N) is 2. The van der Waals surface area contributed by atoms with Gasteiger partial charge in [0.25, 0.3) is 6.01 Å². The number of para-hydroxylation sites is 2. The molecule has 3 fully saturated rings. The molecule has 1 aromatic heterocycles. The van der Waals surface area contributed by atoms with E-state index in [-0.39, 0.29) is 44.4 Å². The van der Waals surface area contributed by atoms with Gasteiger partial charge >= 0.3 is 6.09 Å². The van der Waals surface area contributed by atoms with Crippen LogP contribution >= 0.6 is 0 Å². The first-order chi connectivity index (χ1) is 25.9. The number of carbonyl (C=O) groups is 4. The second-order valence-electron chi connectivity index (χ2n) is 15.7. The molecule has 286 valence electrons. The summed E-state index contributed by atoms with van der Waals surface area (Å²) in [5, 5.41) is 3.17.